The molecule has 0 bridgehead atoms. The predicted molar refractivity (Wildman–Crippen MR) is 92.3 cm³/mol. The molecule has 0 aliphatic heterocycles. The zero-order chi connectivity index (χ0) is 17.4. The molecule has 7 heteroatoms. The van der Waals surface area contributed by atoms with Crippen molar-refractivity contribution >= 4 is 40.7 Å². The summed E-state index contributed by atoms with van der Waals surface area (Å²) < 4.78 is 4.79. The summed E-state index contributed by atoms with van der Waals surface area (Å²) in [5, 5.41) is 4.85. The molecule has 0 saturated heterocycles. The highest BCUT2D eigenvalue weighted by molar-refractivity contribution is 6.35. The van der Waals surface area contributed by atoms with Crippen LogP contribution in [0.3, 0.4) is 0 Å². The van der Waals surface area contributed by atoms with E-state index in [-0.39, 0.29) is 31.1 Å². The fourth-order valence-electron chi connectivity index (χ4n) is 1.96. The Morgan fingerprint density at radius 3 is 2.57 bits per heavy atom. The van der Waals surface area contributed by atoms with E-state index in [0.717, 1.165) is 17.5 Å². The maximum Gasteiger partial charge on any atom is 0.354 e. The summed E-state index contributed by atoms with van der Waals surface area (Å²) in [6.45, 7) is 5.48. The van der Waals surface area contributed by atoms with Crippen LogP contribution >= 0.6 is 23.2 Å². The lowest BCUT2D eigenvalue weighted by molar-refractivity contribution is -0.135. The zero-order valence-electron chi connectivity index (χ0n) is 13.4. The Bertz CT molecular complexity index is 616. The standard InChI is InChI=1S/C16H20Cl2N2O3/c1-4-11-6-12(17)7-15(18)14(11)8-13(21)9-19-20-10(3)16(22)23-5-2/h6-7,19H,4-5,8-9H2,1-3H3/b20-10-. The number of halogens is 2. The summed E-state index contributed by atoms with van der Waals surface area (Å²) in [6, 6.07) is 3.44. The van der Waals surface area contributed by atoms with Crippen molar-refractivity contribution in [2.45, 2.75) is 33.6 Å². The van der Waals surface area contributed by atoms with Crippen LogP contribution in [-0.2, 0) is 27.2 Å². The number of rotatable bonds is 8. The van der Waals surface area contributed by atoms with Gasteiger partial charge in [-0.3, -0.25) is 4.79 Å². The SMILES string of the molecule is CCOC(=O)/C(C)=N\NCC(=O)Cc1c(Cl)cc(Cl)cc1CC. The molecule has 0 spiro atoms. The van der Waals surface area contributed by atoms with Crippen molar-refractivity contribution in [2.75, 3.05) is 13.2 Å². The van der Waals surface area contributed by atoms with Gasteiger partial charge >= 0.3 is 5.97 Å². The third-order valence-corrected chi connectivity index (χ3v) is 3.66. The topological polar surface area (TPSA) is 67.8 Å². The van der Waals surface area contributed by atoms with Crippen molar-refractivity contribution in [2.24, 2.45) is 5.10 Å². The zero-order valence-corrected chi connectivity index (χ0v) is 14.9. The minimum Gasteiger partial charge on any atom is -0.461 e. The third kappa shape index (κ3) is 6.20. The van der Waals surface area contributed by atoms with E-state index >= 15 is 0 Å². The number of hydrogen-bond donors (Lipinski definition) is 1. The lowest BCUT2D eigenvalue weighted by Crippen LogP contribution is -2.24. The Hall–Kier alpha value is -1.59. The number of nitrogens with zero attached hydrogens (tertiary/aromatic N) is 1. The van der Waals surface area contributed by atoms with Gasteiger partial charge in [0, 0.05) is 16.5 Å². The van der Waals surface area contributed by atoms with Crippen LogP contribution < -0.4 is 5.43 Å². The van der Waals surface area contributed by atoms with Crippen LogP contribution in [0.5, 0.6) is 0 Å². The van der Waals surface area contributed by atoms with Gasteiger partial charge in [-0.2, -0.15) is 5.10 Å². The Labute approximate surface area is 146 Å². The number of ketones is 1. The van der Waals surface area contributed by atoms with Gasteiger partial charge in [0.05, 0.1) is 13.2 Å². The molecular formula is C16H20Cl2N2O3. The molecular weight excluding hydrogens is 339 g/mol. The van der Waals surface area contributed by atoms with Gasteiger partial charge in [-0.15, -0.1) is 0 Å². The number of esters is 1. The van der Waals surface area contributed by atoms with Gasteiger partial charge in [-0.25, -0.2) is 4.79 Å². The minimum atomic E-state index is -0.513. The maximum atomic E-state index is 12.1. The quantitative estimate of drug-likeness (QED) is 0.440. The Balaban J connectivity index is 2.65. The average molecular weight is 359 g/mol. The molecule has 0 radical (unpaired) electrons. The van der Waals surface area contributed by atoms with E-state index < -0.39 is 5.97 Å². The highest BCUT2D eigenvalue weighted by Gasteiger charge is 2.13. The van der Waals surface area contributed by atoms with Gasteiger partial charge in [0.25, 0.3) is 0 Å². The molecule has 1 rings (SSSR count). The average Bonchev–Trinajstić information content (AvgIpc) is 2.49. The normalized spacial score (nSPS) is 11.3. The number of carbonyl (C=O) groups is 2. The second-order valence-electron chi connectivity index (χ2n) is 4.85. The van der Waals surface area contributed by atoms with Gasteiger partial charge in [0.2, 0.25) is 0 Å². The molecule has 1 aromatic rings. The van der Waals surface area contributed by atoms with Crippen LogP contribution in [-0.4, -0.2) is 30.6 Å². The van der Waals surface area contributed by atoms with Crippen molar-refractivity contribution in [3.05, 3.63) is 33.3 Å². The summed E-state index contributed by atoms with van der Waals surface area (Å²) in [7, 11) is 0. The molecule has 126 valence electrons. The van der Waals surface area contributed by atoms with Crippen LogP contribution in [0.15, 0.2) is 17.2 Å². The number of hydrazone groups is 1. The lowest BCUT2D eigenvalue weighted by Gasteiger charge is -2.10. The van der Waals surface area contributed by atoms with Crippen LogP contribution in [0.25, 0.3) is 0 Å². The number of carbonyl (C=O) groups excluding carboxylic acids is 2. The molecule has 0 saturated carbocycles. The van der Waals surface area contributed by atoms with Crippen molar-refractivity contribution in [1.82, 2.24) is 5.43 Å². The largest absolute Gasteiger partial charge is 0.461 e. The molecule has 0 fully saturated rings. The van der Waals surface area contributed by atoms with Crippen molar-refractivity contribution in [1.29, 1.82) is 0 Å². The molecule has 0 heterocycles. The van der Waals surface area contributed by atoms with E-state index in [1.54, 1.807) is 13.0 Å². The van der Waals surface area contributed by atoms with Gasteiger partial charge in [-0.05, 0) is 43.5 Å². The smallest absolute Gasteiger partial charge is 0.354 e. The summed E-state index contributed by atoms with van der Waals surface area (Å²) in [4.78, 5) is 23.4. The van der Waals surface area contributed by atoms with Crippen LogP contribution in [0.1, 0.15) is 31.9 Å². The third-order valence-electron chi connectivity index (χ3n) is 3.10. The van der Waals surface area contributed by atoms with Gasteiger partial charge in [0.1, 0.15) is 5.71 Å². The van der Waals surface area contributed by atoms with Crippen molar-refractivity contribution in [3.63, 3.8) is 0 Å². The van der Waals surface area contributed by atoms with Crippen molar-refractivity contribution in [3.8, 4) is 0 Å². The Morgan fingerprint density at radius 2 is 1.96 bits per heavy atom. The number of aryl methyl sites for hydroxylation is 1. The number of ether oxygens (including phenoxy) is 1. The first-order valence-electron chi connectivity index (χ1n) is 7.31. The molecule has 1 N–H and O–H groups in total. The van der Waals surface area contributed by atoms with Gasteiger partial charge in [-0.1, -0.05) is 30.1 Å². The first-order valence-corrected chi connectivity index (χ1v) is 8.07. The van der Waals surface area contributed by atoms with Gasteiger partial charge < -0.3 is 10.2 Å². The lowest BCUT2D eigenvalue weighted by atomic mass is 10.0. The molecule has 0 atom stereocenters. The molecule has 23 heavy (non-hydrogen) atoms. The molecule has 0 unspecified atom stereocenters. The predicted octanol–water partition coefficient (Wildman–Crippen LogP) is 3.20. The fraction of sp³-hybridized carbons (Fsp3) is 0.438. The highest BCUT2D eigenvalue weighted by Crippen LogP contribution is 2.26. The molecule has 0 aliphatic rings. The van der Waals surface area contributed by atoms with Crippen molar-refractivity contribution < 1.29 is 14.3 Å². The van der Waals surface area contributed by atoms with E-state index in [1.807, 2.05) is 13.0 Å². The van der Waals surface area contributed by atoms with E-state index in [0.29, 0.717) is 10.0 Å². The molecule has 0 aromatic heterocycles. The molecule has 5 nitrogen and oxygen atoms in total. The number of hydrogen-bond acceptors (Lipinski definition) is 5. The first-order chi connectivity index (χ1) is 10.9. The Kier molecular flexibility index (Phi) is 8.06. The molecule has 0 aliphatic carbocycles. The number of Topliss-reactive ketones (excluding diaryl/α,β-unsaturated/α-hetero) is 1. The number of nitrogens with one attached hydrogen (secondary N) is 1. The first kappa shape index (κ1) is 19.5. The van der Waals surface area contributed by atoms with Crippen LogP contribution in [0, 0.1) is 0 Å². The van der Waals surface area contributed by atoms with Crippen LogP contribution in [0.4, 0.5) is 0 Å². The second-order valence-corrected chi connectivity index (χ2v) is 5.69. The summed E-state index contributed by atoms with van der Waals surface area (Å²) in [5.74, 6) is -0.606. The van der Waals surface area contributed by atoms with E-state index in [9.17, 15) is 9.59 Å². The van der Waals surface area contributed by atoms with E-state index in [1.165, 1.54) is 6.92 Å². The summed E-state index contributed by atoms with van der Waals surface area (Å²) in [5.41, 5.74) is 4.47. The van der Waals surface area contributed by atoms with Gasteiger partial charge in [0.15, 0.2) is 5.78 Å². The minimum absolute atomic E-state index is 0.00114. The molecule has 0 amide bonds. The maximum absolute atomic E-state index is 12.1. The highest BCUT2D eigenvalue weighted by atomic mass is 35.5. The summed E-state index contributed by atoms with van der Waals surface area (Å²) in [6.07, 6.45) is 0.913. The van der Waals surface area contributed by atoms with E-state index in [2.05, 4.69) is 10.5 Å². The number of benzene rings is 1. The summed E-state index contributed by atoms with van der Waals surface area (Å²) >= 11 is 12.1. The molecule has 1 aromatic carbocycles. The second kappa shape index (κ2) is 9.53. The Morgan fingerprint density at radius 1 is 1.26 bits per heavy atom. The fourth-order valence-corrected chi connectivity index (χ4v) is 2.56. The monoisotopic (exact) mass is 358 g/mol. The van der Waals surface area contributed by atoms with Crippen LogP contribution in [0.2, 0.25) is 10.0 Å². The van der Waals surface area contributed by atoms with E-state index in [4.69, 9.17) is 27.9 Å².